The molecule has 6 heteroatoms. The average molecular weight is 389 g/mol. The molecule has 1 aliphatic rings. The van der Waals surface area contributed by atoms with Gasteiger partial charge in [-0.05, 0) is 56.3 Å². The topological polar surface area (TPSA) is 73.5 Å². The summed E-state index contributed by atoms with van der Waals surface area (Å²) in [7, 11) is 0. The standard InChI is InChI=1S/C22H36N4O2/c1-4-18(3)25-21(27)9-12-23-22(28)24-15-19-5-7-20(8-6-19)16-26-13-10-17(2)11-14-26/h5-8,17-18H,4,9-16H2,1-3H3,(H,25,27)(H2,23,24,28). The summed E-state index contributed by atoms with van der Waals surface area (Å²) in [5, 5.41) is 8.45. The third-order valence-corrected chi connectivity index (χ3v) is 5.42. The van der Waals surface area contributed by atoms with Crippen molar-refractivity contribution < 1.29 is 9.59 Å². The molecule has 0 aromatic heterocycles. The fourth-order valence-corrected chi connectivity index (χ4v) is 3.22. The molecule has 1 aromatic rings. The molecule has 0 spiro atoms. The van der Waals surface area contributed by atoms with Crippen molar-refractivity contribution in [2.75, 3.05) is 19.6 Å². The number of piperidine rings is 1. The molecule has 1 atom stereocenters. The molecular formula is C22H36N4O2. The number of amides is 3. The number of nitrogens with one attached hydrogen (secondary N) is 3. The van der Waals surface area contributed by atoms with Gasteiger partial charge in [0, 0.05) is 32.1 Å². The number of carbonyl (C=O) groups excluding carboxylic acids is 2. The van der Waals surface area contributed by atoms with E-state index in [-0.39, 0.29) is 18.0 Å². The molecule has 0 bridgehead atoms. The fraction of sp³-hybridized carbons (Fsp3) is 0.636. The SMILES string of the molecule is CCC(C)NC(=O)CCNC(=O)NCc1ccc(CN2CCC(C)CC2)cc1. The van der Waals surface area contributed by atoms with Gasteiger partial charge >= 0.3 is 6.03 Å². The zero-order chi connectivity index (χ0) is 20.4. The summed E-state index contributed by atoms with van der Waals surface area (Å²) < 4.78 is 0. The Kier molecular flexibility index (Phi) is 9.28. The van der Waals surface area contributed by atoms with E-state index in [1.54, 1.807) is 0 Å². The van der Waals surface area contributed by atoms with Gasteiger partial charge < -0.3 is 16.0 Å². The zero-order valence-corrected chi connectivity index (χ0v) is 17.6. The van der Waals surface area contributed by atoms with Gasteiger partial charge in [0.2, 0.25) is 5.91 Å². The van der Waals surface area contributed by atoms with Gasteiger partial charge in [-0.2, -0.15) is 0 Å². The van der Waals surface area contributed by atoms with Crippen molar-refractivity contribution in [1.82, 2.24) is 20.9 Å². The Morgan fingerprint density at radius 2 is 1.75 bits per heavy atom. The fourth-order valence-electron chi connectivity index (χ4n) is 3.22. The van der Waals surface area contributed by atoms with E-state index in [0.717, 1.165) is 24.4 Å². The molecule has 3 N–H and O–H groups in total. The zero-order valence-electron chi connectivity index (χ0n) is 17.6. The Bertz CT molecular complexity index is 609. The number of hydrogen-bond acceptors (Lipinski definition) is 3. The number of urea groups is 1. The van der Waals surface area contributed by atoms with Crippen LogP contribution in [0, 0.1) is 5.92 Å². The summed E-state index contributed by atoms with van der Waals surface area (Å²) >= 11 is 0. The second-order valence-electron chi connectivity index (χ2n) is 8.01. The second-order valence-corrected chi connectivity index (χ2v) is 8.01. The molecule has 6 nitrogen and oxygen atoms in total. The highest BCUT2D eigenvalue weighted by Gasteiger charge is 2.15. The molecule has 28 heavy (non-hydrogen) atoms. The van der Waals surface area contributed by atoms with Gasteiger partial charge in [0.05, 0.1) is 0 Å². The van der Waals surface area contributed by atoms with Crippen molar-refractivity contribution >= 4 is 11.9 Å². The molecule has 1 fully saturated rings. The highest BCUT2D eigenvalue weighted by Crippen LogP contribution is 2.18. The number of benzene rings is 1. The van der Waals surface area contributed by atoms with Gasteiger partial charge in [0.25, 0.3) is 0 Å². The first-order valence-corrected chi connectivity index (χ1v) is 10.6. The number of likely N-dealkylation sites (tertiary alicyclic amines) is 1. The summed E-state index contributed by atoms with van der Waals surface area (Å²) in [6, 6.07) is 8.35. The van der Waals surface area contributed by atoms with Crippen molar-refractivity contribution in [2.45, 2.75) is 65.6 Å². The lowest BCUT2D eigenvalue weighted by Gasteiger charge is -2.30. The molecular weight excluding hydrogens is 352 g/mol. The van der Waals surface area contributed by atoms with E-state index in [1.165, 1.54) is 31.5 Å². The van der Waals surface area contributed by atoms with Crippen LogP contribution >= 0.6 is 0 Å². The molecule has 0 radical (unpaired) electrons. The molecule has 0 aliphatic carbocycles. The normalized spacial score (nSPS) is 16.4. The van der Waals surface area contributed by atoms with Crippen molar-refractivity contribution in [3.8, 4) is 0 Å². The molecule has 2 rings (SSSR count). The summed E-state index contributed by atoms with van der Waals surface area (Å²) in [6.07, 6.45) is 3.77. The molecule has 1 unspecified atom stereocenters. The maximum atomic E-state index is 11.9. The third-order valence-electron chi connectivity index (χ3n) is 5.42. The predicted octanol–water partition coefficient (Wildman–Crippen LogP) is 3.02. The highest BCUT2D eigenvalue weighted by molar-refractivity contribution is 5.78. The minimum Gasteiger partial charge on any atom is -0.354 e. The lowest BCUT2D eigenvalue weighted by Crippen LogP contribution is -2.38. The van der Waals surface area contributed by atoms with Gasteiger partial charge in [-0.1, -0.05) is 38.1 Å². The predicted molar refractivity (Wildman–Crippen MR) is 113 cm³/mol. The van der Waals surface area contributed by atoms with E-state index in [2.05, 4.69) is 52.0 Å². The second kappa shape index (κ2) is 11.7. The molecule has 1 heterocycles. The first-order chi connectivity index (χ1) is 13.5. The van der Waals surface area contributed by atoms with E-state index >= 15 is 0 Å². The van der Waals surface area contributed by atoms with Crippen LogP contribution in [-0.2, 0) is 17.9 Å². The molecule has 1 aromatic carbocycles. The van der Waals surface area contributed by atoms with Crippen LogP contribution in [0.4, 0.5) is 4.79 Å². The van der Waals surface area contributed by atoms with Gasteiger partial charge in [0.1, 0.15) is 0 Å². The van der Waals surface area contributed by atoms with Gasteiger partial charge in [-0.25, -0.2) is 4.79 Å². The molecule has 1 aliphatic heterocycles. The lowest BCUT2D eigenvalue weighted by atomic mass is 9.99. The molecule has 0 saturated carbocycles. The number of rotatable bonds is 9. The van der Waals surface area contributed by atoms with Crippen LogP contribution in [0.2, 0.25) is 0 Å². The summed E-state index contributed by atoms with van der Waals surface area (Å²) in [5.41, 5.74) is 2.38. The largest absolute Gasteiger partial charge is 0.354 e. The minimum atomic E-state index is -0.247. The van der Waals surface area contributed by atoms with Gasteiger partial charge in [-0.15, -0.1) is 0 Å². The smallest absolute Gasteiger partial charge is 0.315 e. The Morgan fingerprint density at radius 1 is 1.11 bits per heavy atom. The summed E-state index contributed by atoms with van der Waals surface area (Å²) in [6.45, 7) is 10.5. The Balaban J connectivity index is 1.63. The van der Waals surface area contributed by atoms with Gasteiger partial charge in [0.15, 0.2) is 0 Å². The number of carbonyl (C=O) groups is 2. The Labute approximate surface area is 169 Å². The van der Waals surface area contributed by atoms with Crippen LogP contribution in [0.3, 0.4) is 0 Å². The van der Waals surface area contributed by atoms with Crippen molar-refractivity contribution in [1.29, 1.82) is 0 Å². The van der Waals surface area contributed by atoms with Crippen molar-refractivity contribution in [3.63, 3.8) is 0 Å². The van der Waals surface area contributed by atoms with E-state index < -0.39 is 0 Å². The number of hydrogen-bond donors (Lipinski definition) is 3. The highest BCUT2D eigenvalue weighted by atomic mass is 16.2. The Morgan fingerprint density at radius 3 is 2.39 bits per heavy atom. The van der Waals surface area contributed by atoms with Crippen LogP contribution in [0.25, 0.3) is 0 Å². The van der Waals surface area contributed by atoms with Crippen LogP contribution in [0.15, 0.2) is 24.3 Å². The maximum Gasteiger partial charge on any atom is 0.315 e. The molecule has 3 amide bonds. The maximum absolute atomic E-state index is 11.9. The van der Waals surface area contributed by atoms with Crippen molar-refractivity contribution in [3.05, 3.63) is 35.4 Å². The quantitative estimate of drug-likeness (QED) is 0.609. The van der Waals surface area contributed by atoms with Gasteiger partial charge in [-0.3, -0.25) is 9.69 Å². The lowest BCUT2D eigenvalue weighted by molar-refractivity contribution is -0.121. The van der Waals surface area contributed by atoms with Crippen molar-refractivity contribution in [2.24, 2.45) is 5.92 Å². The van der Waals surface area contributed by atoms with Crippen LogP contribution < -0.4 is 16.0 Å². The van der Waals surface area contributed by atoms with E-state index in [4.69, 9.17) is 0 Å². The first-order valence-electron chi connectivity index (χ1n) is 10.6. The van der Waals surface area contributed by atoms with E-state index in [0.29, 0.717) is 19.5 Å². The third kappa shape index (κ3) is 8.30. The summed E-state index contributed by atoms with van der Waals surface area (Å²) in [5.74, 6) is 0.818. The first kappa shape index (κ1) is 22.2. The summed E-state index contributed by atoms with van der Waals surface area (Å²) in [4.78, 5) is 26.1. The van der Waals surface area contributed by atoms with E-state index in [9.17, 15) is 9.59 Å². The Hall–Kier alpha value is -2.08. The average Bonchev–Trinajstić information content (AvgIpc) is 2.69. The number of nitrogens with zero attached hydrogens (tertiary/aromatic N) is 1. The van der Waals surface area contributed by atoms with Crippen LogP contribution in [0.1, 0.15) is 57.6 Å². The van der Waals surface area contributed by atoms with Crippen LogP contribution in [0.5, 0.6) is 0 Å². The molecule has 156 valence electrons. The monoisotopic (exact) mass is 388 g/mol. The van der Waals surface area contributed by atoms with Crippen LogP contribution in [-0.4, -0.2) is 42.5 Å². The molecule has 1 saturated heterocycles. The minimum absolute atomic E-state index is 0.0339. The van der Waals surface area contributed by atoms with E-state index in [1.807, 2.05) is 13.8 Å².